The van der Waals surface area contributed by atoms with E-state index in [4.69, 9.17) is 84.3 Å². The molecular weight excluding hydrogens is 1030 g/mol. The molecule has 0 atom stereocenters. The molecular formula is C44H54Cl5F6N13O2. The Kier molecular flexibility index (Phi) is 23.9. The van der Waals surface area contributed by atoms with Crippen molar-refractivity contribution in [2.45, 2.75) is 72.9 Å². The van der Waals surface area contributed by atoms with Crippen molar-refractivity contribution in [3.63, 3.8) is 0 Å². The predicted octanol–water partition coefficient (Wildman–Crippen LogP) is 12.1. The molecule has 0 aliphatic rings. The third-order valence-corrected chi connectivity index (χ3v) is 10.7. The van der Waals surface area contributed by atoms with E-state index in [-0.39, 0.29) is 60.9 Å². The van der Waals surface area contributed by atoms with Crippen molar-refractivity contribution in [3.8, 4) is 34.8 Å². The van der Waals surface area contributed by atoms with Crippen molar-refractivity contribution < 1.29 is 35.8 Å². The Balaban J connectivity index is 0.000000359. The lowest BCUT2D eigenvalue weighted by Crippen LogP contribution is -2.36. The summed E-state index contributed by atoms with van der Waals surface area (Å²) >= 11 is 29.7. The van der Waals surface area contributed by atoms with Gasteiger partial charge in [-0.25, -0.2) is 25.8 Å². The minimum atomic E-state index is -4.81. The minimum absolute atomic E-state index is 0.00602. The summed E-state index contributed by atoms with van der Waals surface area (Å²) in [5, 5.41) is 11.6. The van der Waals surface area contributed by atoms with Crippen LogP contribution in [0.2, 0.25) is 20.1 Å². The van der Waals surface area contributed by atoms with E-state index in [0.29, 0.717) is 41.8 Å². The highest BCUT2D eigenvalue weighted by molar-refractivity contribution is 6.40. The van der Waals surface area contributed by atoms with Crippen LogP contribution in [0.5, 0.6) is 11.8 Å². The molecule has 5 aromatic rings. The van der Waals surface area contributed by atoms with E-state index in [2.05, 4.69) is 70.0 Å². The van der Waals surface area contributed by atoms with Gasteiger partial charge in [0.05, 0.1) is 55.8 Å². The van der Waals surface area contributed by atoms with Crippen molar-refractivity contribution in [3.05, 3.63) is 85.4 Å². The van der Waals surface area contributed by atoms with E-state index in [0.717, 1.165) is 11.2 Å². The fraction of sp³-hybridized carbons (Fsp3) is 0.409. The monoisotopic (exact) mass is 1090 g/mol. The molecule has 0 saturated carbocycles. The Morgan fingerprint density at radius 2 is 1.20 bits per heavy atom. The zero-order chi connectivity index (χ0) is 53.4. The fourth-order valence-corrected chi connectivity index (χ4v) is 8.23. The lowest BCUT2D eigenvalue weighted by Gasteiger charge is -2.28. The number of hydrogen-bond acceptors (Lipinski definition) is 14. The third kappa shape index (κ3) is 16.4. The van der Waals surface area contributed by atoms with Crippen molar-refractivity contribution in [2.24, 2.45) is 5.84 Å². The van der Waals surface area contributed by atoms with Crippen LogP contribution in [0.3, 0.4) is 0 Å². The number of nitrogens with one attached hydrogen (secondary N) is 1. The Labute approximate surface area is 428 Å². The van der Waals surface area contributed by atoms with Gasteiger partial charge in [-0.1, -0.05) is 64.9 Å². The summed E-state index contributed by atoms with van der Waals surface area (Å²) in [5.74, 6) is 5.64. The van der Waals surface area contributed by atoms with E-state index >= 15 is 0 Å². The van der Waals surface area contributed by atoms with Crippen LogP contribution in [0, 0.1) is 11.3 Å². The van der Waals surface area contributed by atoms with Crippen molar-refractivity contribution in [1.29, 1.82) is 5.26 Å². The van der Waals surface area contributed by atoms with Crippen LogP contribution < -0.4 is 36.3 Å². The number of nitrogens with two attached hydrogens (primary N) is 2. The molecule has 384 valence electrons. The molecule has 5 N–H and O–H groups in total. The molecule has 5 rings (SSSR count). The maximum atomic E-state index is 13.8. The summed E-state index contributed by atoms with van der Waals surface area (Å²) in [4.78, 5) is 21.5. The third-order valence-electron chi connectivity index (χ3n) is 9.18. The number of hydrazine groups is 1. The number of nitrogens with zero attached hydrogens (tertiary/aromatic N) is 10. The van der Waals surface area contributed by atoms with E-state index in [1.165, 1.54) is 48.9 Å². The number of ether oxygens (including phenoxy) is 2. The van der Waals surface area contributed by atoms with Gasteiger partial charge in [0.15, 0.2) is 5.69 Å². The van der Waals surface area contributed by atoms with E-state index < -0.39 is 28.7 Å². The zero-order valence-corrected chi connectivity index (χ0v) is 43.8. The highest BCUT2D eigenvalue weighted by Gasteiger charge is 2.41. The fourth-order valence-electron chi connectivity index (χ4n) is 6.43. The number of nitrogen functional groups attached to an aromatic ring is 2. The lowest BCUT2D eigenvalue weighted by molar-refractivity contribution is -0.140. The molecule has 0 amide bonds. The Morgan fingerprint density at radius 1 is 0.757 bits per heavy atom. The van der Waals surface area contributed by atoms with Gasteiger partial charge in [-0.15, -0.1) is 0 Å². The minimum Gasteiger partial charge on any atom is -0.475 e. The number of aromatic nitrogens is 6. The number of alkyl halides is 6. The Bertz CT molecular complexity index is 2520. The molecule has 15 nitrogen and oxygen atoms in total. The molecule has 3 heterocycles. The van der Waals surface area contributed by atoms with Crippen LogP contribution >= 0.6 is 58.0 Å². The lowest BCUT2D eigenvalue weighted by atomic mass is 10.0. The van der Waals surface area contributed by atoms with E-state index in [1.807, 2.05) is 6.92 Å². The standard InChI is InChI=1S/C18H17Cl2F3N6O.C12H8Cl3F3N2.C8H19N.C6H10N4O/c1-4-30-17-16(25-5-6-26-17)29-15(24)12(14(27-29)18(21,22)23)9-7-10(19)13(28(2)3)11(20)8-9;1-20(2)10-8(13)3-6(4-9(10)14)7(5-19)11(15)12(16,17)18;1-6-9(7(2)3)8(4)5;1-2-11-6-5(10-7)8-3-4-9-6/h5-8H,4,24H2,1-3H3;3-4H,1-2H3;7-8H,6H2,1-5H3;3-4H,2,7H2,1H3,(H,8,10)/b;11-7-;;. The molecule has 0 fully saturated rings. The molecule has 0 radical (unpaired) electrons. The van der Waals surface area contributed by atoms with E-state index in [1.54, 1.807) is 51.1 Å². The van der Waals surface area contributed by atoms with Gasteiger partial charge in [0.2, 0.25) is 11.6 Å². The van der Waals surface area contributed by atoms with Gasteiger partial charge >= 0.3 is 12.4 Å². The number of halogens is 11. The normalized spacial score (nSPS) is 11.6. The molecule has 2 aromatic carbocycles. The summed E-state index contributed by atoms with van der Waals surface area (Å²) in [7, 11) is 6.78. The molecule has 3 aromatic heterocycles. The van der Waals surface area contributed by atoms with Gasteiger partial charge in [-0.05, 0) is 83.5 Å². The van der Waals surface area contributed by atoms with Crippen molar-refractivity contribution in [1.82, 2.24) is 34.6 Å². The molecule has 26 heteroatoms. The van der Waals surface area contributed by atoms with Gasteiger partial charge in [-0.2, -0.15) is 41.4 Å². The summed E-state index contributed by atoms with van der Waals surface area (Å²) in [5.41, 5.74) is 7.07. The number of nitriles is 1. The van der Waals surface area contributed by atoms with E-state index in [9.17, 15) is 26.3 Å². The van der Waals surface area contributed by atoms with Gasteiger partial charge in [0.1, 0.15) is 16.9 Å². The maximum absolute atomic E-state index is 13.8. The van der Waals surface area contributed by atoms with Crippen LogP contribution in [0.15, 0.2) is 54.1 Å². The van der Waals surface area contributed by atoms with Crippen LogP contribution in [0.25, 0.3) is 22.5 Å². The van der Waals surface area contributed by atoms with Crippen LogP contribution in [0.1, 0.15) is 59.7 Å². The van der Waals surface area contributed by atoms with Gasteiger partial charge in [0, 0.05) is 65.1 Å². The highest BCUT2D eigenvalue weighted by Crippen LogP contribution is 2.45. The van der Waals surface area contributed by atoms with Gasteiger partial charge < -0.3 is 30.4 Å². The molecule has 0 aliphatic carbocycles. The first-order chi connectivity index (χ1) is 32.6. The Hall–Kier alpha value is -5.21. The first-order valence-corrected chi connectivity index (χ1v) is 22.8. The first-order valence-electron chi connectivity index (χ1n) is 20.9. The quantitative estimate of drug-likeness (QED) is 0.0438. The zero-order valence-electron chi connectivity index (χ0n) is 40.0. The van der Waals surface area contributed by atoms with Crippen molar-refractivity contribution in [2.75, 3.05) is 68.9 Å². The van der Waals surface area contributed by atoms with Crippen LogP contribution in [-0.4, -0.2) is 101 Å². The second-order valence-corrected chi connectivity index (χ2v) is 17.1. The number of rotatable bonds is 13. The Morgan fingerprint density at radius 3 is 1.59 bits per heavy atom. The number of benzene rings is 2. The van der Waals surface area contributed by atoms with Gasteiger partial charge in [0.25, 0.3) is 11.8 Å². The summed E-state index contributed by atoms with van der Waals surface area (Å²) in [6, 6.07) is 7.95. The topological polar surface area (TPSA) is 185 Å². The summed E-state index contributed by atoms with van der Waals surface area (Å²) < 4.78 is 90.5. The number of hydrogen-bond donors (Lipinski definition) is 3. The molecule has 0 unspecified atom stereocenters. The van der Waals surface area contributed by atoms with Crippen LogP contribution in [-0.2, 0) is 6.18 Å². The molecule has 0 aliphatic heterocycles. The molecule has 0 bridgehead atoms. The van der Waals surface area contributed by atoms with Crippen molar-refractivity contribution >= 4 is 86.6 Å². The molecule has 0 spiro atoms. The first kappa shape index (κ1) is 60.9. The predicted molar refractivity (Wildman–Crippen MR) is 268 cm³/mol. The average Bonchev–Trinajstić information content (AvgIpc) is 3.61. The summed E-state index contributed by atoms with van der Waals surface area (Å²) in [6.07, 6.45) is -3.89. The number of anilines is 4. The highest BCUT2D eigenvalue weighted by atomic mass is 35.5. The largest absolute Gasteiger partial charge is 0.475 e. The van der Waals surface area contributed by atoms with Gasteiger partial charge in [-0.3, -0.25) is 4.90 Å². The number of allylic oxidation sites excluding steroid dienone is 2. The smallest absolute Gasteiger partial charge is 0.435 e. The maximum Gasteiger partial charge on any atom is 0.435 e. The molecule has 0 saturated heterocycles. The second-order valence-electron chi connectivity index (χ2n) is 15.1. The average molecular weight is 1090 g/mol. The SMILES string of the molecule is CCN(C(C)C)C(C)C.CCOc1nccnc1-n1nc(C(F)(F)F)c(-c2cc(Cl)c(N(C)C)c(Cl)c2)c1N.CCOc1nccnc1NN.CN(C)c1c(Cl)cc(/C(C#N)=C(\Cl)C(F)(F)F)cc1Cl. The molecule has 70 heavy (non-hydrogen) atoms. The van der Waals surface area contributed by atoms with Crippen LogP contribution in [0.4, 0.5) is 49.4 Å². The summed E-state index contributed by atoms with van der Waals surface area (Å²) in [6.45, 7) is 16.7. The second kappa shape index (κ2) is 27.4.